The van der Waals surface area contributed by atoms with Crippen molar-refractivity contribution < 1.29 is 17.9 Å². The van der Waals surface area contributed by atoms with Gasteiger partial charge in [-0.1, -0.05) is 0 Å². The van der Waals surface area contributed by atoms with E-state index in [2.05, 4.69) is 15.0 Å². The van der Waals surface area contributed by atoms with Crippen molar-refractivity contribution in [3.63, 3.8) is 0 Å². The zero-order valence-corrected chi connectivity index (χ0v) is 18.9. The van der Waals surface area contributed by atoms with Crippen LogP contribution < -0.4 is 0 Å². The summed E-state index contributed by atoms with van der Waals surface area (Å²) in [5.41, 5.74) is 2.71. The number of fused-ring (bicyclic) bond motifs is 1. The fraction of sp³-hybridized carbons (Fsp3) is 0.400. The van der Waals surface area contributed by atoms with Crippen LogP contribution in [0.2, 0.25) is 0 Å². The van der Waals surface area contributed by atoms with Crippen LogP contribution in [0.4, 0.5) is 8.78 Å². The molecule has 4 aromatic rings. The molecule has 1 aliphatic heterocycles. The van der Waals surface area contributed by atoms with Crippen molar-refractivity contribution in [1.29, 1.82) is 0 Å². The largest absolute Gasteiger partial charge is 0.443 e. The molecule has 3 aromatic heterocycles. The number of halogens is 2. The molecule has 1 saturated heterocycles. The molecular formula is C25H23F2N5O2. The number of rotatable bonds is 4. The van der Waals surface area contributed by atoms with E-state index in [1.54, 1.807) is 6.20 Å². The summed E-state index contributed by atoms with van der Waals surface area (Å²) in [6.07, 6.45) is 5.03. The summed E-state index contributed by atoms with van der Waals surface area (Å²) >= 11 is 0. The maximum atomic E-state index is 14.8. The van der Waals surface area contributed by atoms with Gasteiger partial charge in [-0.05, 0) is 51.7 Å². The molecule has 2 aliphatic rings. The van der Waals surface area contributed by atoms with Crippen LogP contribution in [0, 0.1) is 25.5 Å². The zero-order valence-electron chi connectivity index (χ0n) is 18.9. The maximum absolute atomic E-state index is 14.8. The van der Waals surface area contributed by atoms with Crippen molar-refractivity contribution in [2.75, 3.05) is 6.61 Å². The van der Waals surface area contributed by atoms with Gasteiger partial charge in [-0.25, -0.2) is 33.7 Å². The molecule has 4 heterocycles. The number of ether oxygens (including phenoxy) is 1. The van der Waals surface area contributed by atoms with Gasteiger partial charge >= 0.3 is 0 Å². The van der Waals surface area contributed by atoms with Crippen LogP contribution in [0.3, 0.4) is 0 Å². The van der Waals surface area contributed by atoms with Gasteiger partial charge in [0.25, 0.3) is 0 Å². The molecule has 34 heavy (non-hydrogen) atoms. The highest BCUT2D eigenvalue weighted by molar-refractivity contribution is 5.87. The summed E-state index contributed by atoms with van der Waals surface area (Å²) in [6, 6.07) is 3.45. The van der Waals surface area contributed by atoms with Crippen LogP contribution in [0.15, 0.2) is 28.8 Å². The molecular weight excluding hydrogens is 440 g/mol. The Hall–Kier alpha value is -3.33. The molecule has 0 amide bonds. The lowest BCUT2D eigenvalue weighted by Crippen LogP contribution is -2.20. The van der Waals surface area contributed by atoms with E-state index >= 15 is 0 Å². The molecule has 1 aliphatic carbocycles. The fourth-order valence-electron chi connectivity index (χ4n) is 4.38. The Kier molecular flexibility index (Phi) is 5.09. The molecule has 2 unspecified atom stereocenters. The topological polar surface area (TPSA) is 86.8 Å². The highest BCUT2D eigenvalue weighted by Gasteiger charge is 2.33. The van der Waals surface area contributed by atoms with Gasteiger partial charge in [0.1, 0.15) is 34.8 Å². The van der Waals surface area contributed by atoms with E-state index in [0.29, 0.717) is 59.5 Å². The molecule has 1 aromatic carbocycles. The summed E-state index contributed by atoms with van der Waals surface area (Å²) in [5, 5.41) is 0. The van der Waals surface area contributed by atoms with Crippen LogP contribution in [0.5, 0.6) is 0 Å². The van der Waals surface area contributed by atoms with E-state index in [1.807, 2.05) is 13.8 Å². The molecule has 1 saturated carbocycles. The Balaban J connectivity index is 1.41. The number of aryl methyl sites for hydroxylation is 2. The smallest absolute Gasteiger partial charge is 0.197 e. The first-order valence-corrected chi connectivity index (χ1v) is 11.5. The first-order chi connectivity index (χ1) is 16.5. The molecule has 9 heteroatoms. The van der Waals surface area contributed by atoms with Crippen LogP contribution >= 0.6 is 0 Å². The number of hydrogen-bond donors (Lipinski definition) is 0. The predicted octanol–water partition coefficient (Wildman–Crippen LogP) is 5.48. The minimum Gasteiger partial charge on any atom is -0.443 e. The average Bonchev–Trinajstić information content (AvgIpc) is 3.56. The zero-order chi connectivity index (χ0) is 23.4. The van der Waals surface area contributed by atoms with Gasteiger partial charge in [0.2, 0.25) is 0 Å². The summed E-state index contributed by atoms with van der Waals surface area (Å²) in [6.45, 7) is 4.19. The van der Waals surface area contributed by atoms with E-state index in [1.165, 1.54) is 12.1 Å². The van der Waals surface area contributed by atoms with Gasteiger partial charge in [0, 0.05) is 30.1 Å². The summed E-state index contributed by atoms with van der Waals surface area (Å²) in [7, 11) is 0. The average molecular weight is 463 g/mol. The molecule has 0 spiro atoms. The molecule has 0 N–H and O–H groups in total. The van der Waals surface area contributed by atoms with Crippen molar-refractivity contribution in [1.82, 2.24) is 24.9 Å². The minimum absolute atomic E-state index is 0.0525. The first kappa shape index (κ1) is 21.2. The normalized spacial score (nSPS) is 20.7. The van der Waals surface area contributed by atoms with Gasteiger partial charge in [0.05, 0.1) is 17.6 Å². The van der Waals surface area contributed by atoms with Gasteiger partial charge in [-0.15, -0.1) is 0 Å². The standard InChI is InChI=1S/C25H23F2N5O2/c1-12-13(2)30-24-22(29-12)21(17-6-5-16(26)10-18(17)27)31-23(32-24)15-7-8-33-19(9-15)20-11-28-25(34-20)14-3-4-14/h5-6,10-11,14-15,19H,3-4,7-9H2,1-2H3. The van der Waals surface area contributed by atoms with Gasteiger partial charge < -0.3 is 9.15 Å². The predicted molar refractivity (Wildman–Crippen MR) is 119 cm³/mol. The number of hydrogen-bond acceptors (Lipinski definition) is 7. The Morgan fingerprint density at radius 3 is 2.56 bits per heavy atom. The molecule has 6 rings (SSSR count). The highest BCUT2D eigenvalue weighted by Crippen LogP contribution is 2.42. The molecule has 174 valence electrons. The number of aromatic nitrogens is 5. The second-order valence-corrected chi connectivity index (χ2v) is 9.08. The lowest BCUT2D eigenvalue weighted by atomic mass is 9.93. The fourth-order valence-corrected chi connectivity index (χ4v) is 4.38. The van der Waals surface area contributed by atoms with Crippen LogP contribution in [0.25, 0.3) is 22.4 Å². The SMILES string of the molecule is Cc1nc2nc(C3CCOC(c4cnc(C5CC5)o4)C3)nc(-c3ccc(F)cc3F)c2nc1C. The van der Waals surface area contributed by atoms with Crippen molar-refractivity contribution in [2.24, 2.45) is 0 Å². The quantitative estimate of drug-likeness (QED) is 0.396. The third-order valence-corrected chi connectivity index (χ3v) is 6.58. The second kappa shape index (κ2) is 8.16. The highest BCUT2D eigenvalue weighted by atomic mass is 19.1. The van der Waals surface area contributed by atoms with Crippen LogP contribution in [-0.4, -0.2) is 31.5 Å². The number of benzene rings is 1. The Labute approximate surface area is 194 Å². The minimum atomic E-state index is -0.704. The van der Waals surface area contributed by atoms with Gasteiger partial charge in [-0.3, -0.25) is 0 Å². The molecule has 0 bridgehead atoms. The molecule has 7 nitrogen and oxygen atoms in total. The van der Waals surface area contributed by atoms with E-state index in [9.17, 15) is 8.78 Å². The van der Waals surface area contributed by atoms with E-state index in [4.69, 9.17) is 19.1 Å². The maximum Gasteiger partial charge on any atom is 0.197 e. The van der Waals surface area contributed by atoms with E-state index < -0.39 is 11.6 Å². The van der Waals surface area contributed by atoms with Gasteiger partial charge in [-0.2, -0.15) is 0 Å². The number of nitrogens with zero attached hydrogens (tertiary/aromatic N) is 5. The number of oxazole rings is 1. The van der Waals surface area contributed by atoms with Crippen molar-refractivity contribution in [3.05, 3.63) is 64.9 Å². The van der Waals surface area contributed by atoms with Crippen molar-refractivity contribution >= 4 is 11.2 Å². The molecule has 2 fully saturated rings. The van der Waals surface area contributed by atoms with E-state index in [-0.39, 0.29) is 17.6 Å². The Morgan fingerprint density at radius 1 is 0.941 bits per heavy atom. The second-order valence-electron chi connectivity index (χ2n) is 9.08. The summed E-state index contributed by atoms with van der Waals surface area (Å²) in [5.74, 6) is 1.05. The lowest BCUT2D eigenvalue weighted by Gasteiger charge is -2.27. The molecule has 2 atom stereocenters. The van der Waals surface area contributed by atoms with Gasteiger partial charge in [0.15, 0.2) is 17.3 Å². The van der Waals surface area contributed by atoms with Crippen molar-refractivity contribution in [3.8, 4) is 11.3 Å². The monoisotopic (exact) mass is 463 g/mol. The Morgan fingerprint density at radius 2 is 1.76 bits per heavy atom. The third-order valence-electron chi connectivity index (χ3n) is 6.58. The van der Waals surface area contributed by atoms with E-state index in [0.717, 1.165) is 30.5 Å². The lowest BCUT2D eigenvalue weighted by molar-refractivity contribution is -0.00895. The van der Waals surface area contributed by atoms with Crippen LogP contribution in [0.1, 0.15) is 72.5 Å². The third kappa shape index (κ3) is 3.83. The summed E-state index contributed by atoms with van der Waals surface area (Å²) in [4.78, 5) is 23.1. The Bertz CT molecular complexity index is 1400. The van der Waals surface area contributed by atoms with Crippen LogP contribution in [-0.2, 0) is 4.74 Å². The molecule has 0 radical (unpaired) electrons. The first-order valence-electron chi connectivity index (χ1n) is 11.5. The van der Waals surface area contributed by atoms with Crippen molar-refractivity contribution in [2.45, 2.75) is 57.5 Å². The summed E-state index contributed by atoms with van der Waals surface area (Å²) < 4.78 is 40.3.